The average Bonchev–Trinajstić information content (AvgIpc) is 2.82. The molecule has 0 saturated carbocycles. The molecule has 0 unspecified atom stereocenters. The van der Waals surface area contributed by atoms with Crippen molar-refractivity contribution in [2.75, 3.05) is 32.9 Å². The van der Waals surface area contributed by atoms with E-state index in [0.29, 0.717) is 39.3 Å². The number of nitro benzene ring substituents is 1. The highest BCUT2D eigenvalue weighted by atomic mass is 32.2. The van der Waals surface area contributed by atoms with Crippen LogP contribution in [0.1, 0.15) is 5.56 Å². The summed E-state index contributed by atoms with van der Waals surface area (Å²) < 4.78 is 16.0. The molecule has 0 radical (unpaired) electrons. The van der Waals surface area contributed by atoms with Crippen molar-refractivity contribution in [2.45, 2.75) is 5.16 Å². The van der Waals surface area contributed by atoms with Gasteiger partial charge in [0.05, 0.1) is 37.6 Å². The molecule has 0 saturated heterocycles. The van der Waals surface area contributed by atoms with E-state index in [1.165, 1.54) is 51.3 Å². The fourth-order valence-electron chi connectivity index (χ4n) is 2.96. The van der Waals surface area contributed by atoms with Gasteiger partial charge in [-0.25, -0.2) is 9.97 Å². The third-order valence-corrected chi connectivity index (χ3v) is 5.03. The number of benzene rings is 2. The predicted octanol–water partition coefficient (Wildman–Crippen LogP) is 4.41. The van der Waals surface area contributed by atoms with E-state index in [2.05, 4.69) is 21.4 Å². The van der Waals surface area contributed by atoms with Gasteiger partial charge in [0.15, 0.2) is 22.5 Å². The van der Waals surface area contributed by atoms with Gasteiger partial charge in [0.1, 0.15) is 17.4 Å². The summed E-state index contributed by atoms with van der Waals surface area (Å²) >= 11 is 1.29. The van der Waals surface area contributed by atoms with Crippen molar-refractivity contribution in [3.05, 3.63) is 52.1 Å². The first-order valence-electron chi connectivity index (χ1n) is 9.13. The Morgan fingerprint density at radius 1 is 1.03 bits per heavy atom. The molecule has 32 heavy (non-hydrogen) atoms. The van der Waals surface area contributed by atoms with Gasteiger partial charge in [0, 0.05) is 17.7 Å². The molecule has 1 N–H and O–H groups in total. The Labute approximate surface area is 188 Å². The number of nitrogens with zero attached hydrogens (tertiary/aromatic N) is 4. The molecule has 10 nitrogen and oxygen atoms in total. The van der Waals surface area contributed by atoms with Crippen LogP contribution in [-0.2, 0) is 0 Å². The standard InChI is InChI=1S/C21H19N5O5S/c1-29-16-8-6-13(26(27)28)10-15(16)23-20-14(11-22)19(24-21(25-20)32-4)12-5-7-17(30-2)18(9-12)31-3/h5-10H,1-4H3,(H,23,24,25). The molecule has 1 aromatic heterocycles. The van der Waals surface area contributed by atoms with Crippen molar-refractivity contribution in [2.24, 2.45) is 0 Å². The number of nitro groups is 1. The molecule has 0 aliphatic carbocycles. The number of ether oxygens (including phenoxy) is 3. The summed E-state index contributed by atoms with van der Waals surface area (Å²) in [7, 11) is 4.49. The van der Waals surface area contributed by atoms with Crippen molar-refractivity contribution < 1.29 is 19.1 Å². The van der Waals surface area contributed by atoms with E-state index in [-0.39, 0.29) is 17.1 Å². The number of methoxy groups -OCH3 is 3. The van der Waals surface area contributed by atoms with E-state index in [4.69, 9.17) is 14.2 Å². The Kier molecular flexibility index (Phi) is 6.97. The Hall–Kier alpha value is -4.04. The fourth-order valence-corrected chi connectivity index (χ4v) is 3.32. The van der Waals surface area contributed by atoms with Gasteiger partial charge in [-0.15, -0.1) is 0 Å². The Morgan fingerprint density at radius 3 is 2.31 bits per heavy atom. The van der Waals surface area contributed by atoms with E-state index in [9.17, 15) is 15.4 Å². The quantitative estimate of drug-likeness (QED) is 0.226. The Bertz CT molecular complexity index is 1210. The highest BCUT2D eigenvalue weighted by Crippen LogP contribution is 2.37. The lowest BCUT2D eigenvalue weighted by Gasteiger charge is -2.15. The topological polar surface area (TPSA) is 132 Å². The monoisotopic (exact) mass is 453 g/mol. The molecule has 2 aromatic carbocycles. The summed E-state index contributed by atoms with van der Waals surface area (Å²) in [4.78, 5) is 19.6. The van der Waals surface area contributed by atoms with Gasteiger partial charge in [-0.2, -0.15) is 5.26 Å². The van der Waals surface area contributed by atoms with Gasteiger partial charge in [-0.3, -0.25) is 10.1 Å². The summed E-state index contributed by atoms with van der Waals surface area (Å²) in [6.07, 6.45) is 1.80. The van der Waals surface area contributed by atoms with Crippen LogP contribution in [0.15, 0.2) is 41.6 Å². The second kappa shape index (κ2) is 9.84. The molecule has 0 aliphatic rings. The molecule has 3 aromatic rings. The third-order valence-electron chi connectivity index (χ3n) is 4.49. The third kappa shape index (κ3) is 4.50. The van der Waals surface area contributed by atoms with Gasteiger partial charge in [0.2, 0.25) is 0 Å². The SMILES string of the molecule is COc1ccc([N+](=O)[O-])cc1Nc1nc(SC)nc(-c2ccc(OC)c(OC)c2)c1C#N. The van der Waals surface area contributed by atoms with Crippen LogP contribution < -0.4 is 19.5 Å². The van der Waals surface area contributed by atoms with Crippen molar-refractivity contribution in [1.29, 1.82) is 5.26 Å². The van der Waals surface area contributed by atoms with Crippen LogP contribution in [0.25, 0.3) is 11.3 Å². The number of hydrogen-bond donors (Lipinski definition) is 1. The summed E-state index contributed by atoms with van der Waals surface area (Å²) in [5.41, 5.74) is 1.31. The molecule has 11 heteroatoms. The molecule has 3 rings (SSSR count). The van der Waals surface area contributed by atoms with Crippen LogP contribution in [0.4, 0.5) is 17.2 Å². The van der Waals surface area contributed by atoms with E-state index < -0.39 is 4.92 Å². The first kappa shape index (κ1) is 22.6. The van der Waals surface area contributed by atoms with Crippen molar-refractivity contribution in [3.8, 4) is 34.6 Å². The molecule has 0 aliphatic heterocycles. The zero-order valence-electron chi connectivity index (χ0n) is 17.7. The van der Waals surface area contributed by atoms with E-state index >= 15 is 0 Å². The van der Waals surface area contributed by atoms with E-state index in [1.807, 2.05) is 0 Å². The molecule has 0 bridgehead atoms. The zero-order chi connectivity index (χ0) is 23.3. The second-order valence-corrected chi connectivity index (χ2v) is 7.00. The predicted molar refractivity (Wildman–Crippen MR) is 120 cm³/mol. The van der Waals surface area contributed by atoms with Gasteiger partial charge < -0.3 is 19.5 Å². The minimum absolute atomic E-state index is 0.133. The van der Waals surface area contributed by atoms with Crippen LogP contribution >= 0.6 is 11.8 Å². The van der Waals surface area contributed by atoms with E-state index in [0.717, 1.165) is 0 Å². The first-order valence-corrected chi connectivity index (χ1v) is 10.4. The number of nitrogens with one attached hydrogen (secondary N) is 1. The van der Waals surface area contributed by atoms with Crippen LogP contribution in [0.5, 0.6) is 17.2 Å². The Morgan fingerprint density at radius 2 is 1.72 bits per heavy atom. The molecular weight excluding hydrogens is 434 g/mol. The smallest absolute Gasteiger partial charge is 0.271 e. The summed E-state index contributed by atoms with van der Waals surface area (Å²) in [6, 6.07) is 11.4. The lowest BCUT2D eigenvalue weighted by atomic mass is 10.1. The lowest BCUT2D eigenvalue weighted by Crippen LogP contribution is -2.05. The van der Waals surface area contributed by atoms with Gasteiger partial charge in [-0.1, -0.05) is 11.8 Å². The molecule has 0 spiro atoms. The zero-order valence-corrected chi connectivity index (χ0v) is 18.5. The van der Waals surface area contributed by atoms with Gasteiger partial charge >= 0.3 is 0 Å². The number of hydrogen-bond acceptors (Lipinski definition) is 10. The molecular formula is C21H19N5O5S. The van der Waals surface area contributed by atoms with Crippen molar-refractivity contribution in [3.63, 3.8) is 0 Å². The largest absolute Gasteiger partial charge is 0.495 e. The van der Waals surface area contributed by atoms with Crippen LogP contribution in [0, 0.1) is 21.4 Å². The second-order valence-electron chi connectivity index (χ2n) is 6.23. The molecule has 0 atom stereocenters. The van der Waals surface area contributed by atoms with Crippen molar-refractivity contribution >= 4 is 29.0 Å². The highest BCUT2D eigenvalue weighted by molar-refractivity contribution is 7.98. The van der Waals surface area contributed by atoms with Gasteiger partial charge in [-0.05, 0) is 30.5 Å². The lowest BCUT2D eigenvalue weighted by molar-refractivity contribution is -0.384. The van der Waals surface area contributed by atoms with Crippen LogP contribution in [0.2, 0.25) is 0 Å². The minimum atomic E-state index is -0.516. The normalized spacial score (nSPS) is 10.2. The number of non-ortho nitro benzene ring substituents is 1. The maximum Gasteiger partial charge on any atom is 0.271 e. The number of rotatable bonds is 8. The number of aromatic nitrogens is 2. The number of nitriles is 1. The average molecular weight is 453 g/mol. The molecule has 0 amide bonds. The van der Waals surface area contributed by atoms with Crippen molar-refractivity contribution in [1.82, 2.24) is 9.97 Å². The van der Waals surface area contributed by atoms with Gasteiger partial charge in [0.25, 0.3) is 5.69 Å². The maximum absolute atomic E-state index is 11.2. The molecule has 0 fully saturated rings. The Balaban J connectivity index is 2.18. The number of anilines is 2. The number of thioether (sulfide) groups is 1. The first-order chi connectivity index (χ1) is 15.4. The maximum atomic E-state index is 11.2. The van der Waals surface area contributed by atoms with Crippen LogP contribution in [0.3, 0.4) is 0 Å². The fraction of sp³-hybridized carbons (Fsp3) is 0.190. The van der Waals surface area contributed by atoms with E-state index in [1.54, 1.807) is 24.5 Å². The molecule has 1 heterocycles. The summed E-state index contributed by atoms with van der Waals surface area (Å²) in [5, 5.41) is 24.5. The molecule has 164 valence electrons. The highest BCUT2D eigenvalue weighted by Gasteiger charge is 2.20. The summed E-state index contributed by atoms with van der Waals surface area (Å²) in [6.45, 7) is 0. The van der Waals surface area contributed by atoms with Crippen LogP contribution in [-0.4, -0.2) is 42.5 Å². The minimum Gasteiger partial charge on any atom is -0.495 e. The summed E-state index contributed by atoms with van der Waals surface area (Å²) in [5.74, 6) is 1.56.